The normalized spacial score (nSPS) is 27.8. The lowest BCUT2D eigenvalue weighted by Gasteiger charge is -2.33. The lowest BCUT2D eigenvalue weighted by molar-refractivity contribution is -0.137. The summed E-state index contributed by atoms with van der Waals surface area (Å²) in [6, 6.07) is 16.9. The Balaban J connectivity index is 1.31. The van der Waals surface area contributed by atoms with Crippen molar-refractivity contribution in [3.8, 4) is 5.75 Å². The summed E-state index contributed by atoms with van der Waals surface area (Å²) in [5, 5.41) is 1.30. The van der Waals surface area contributed by atoms with E-state index in [1.165, 1.54) is 22.2 Å². The maximum absolute atomic E-state index is 13.8. The van der Waals surface area contributed by atoms with E-state index in [0.717, 1.165) is 43.7 Å². The van der Waals surface area contributed by atoms with Gasteiger partial charge in [-0.2, -0.15) is 0 Å². The Morgan fingerprint density at radius 2 is 2.06 bits per heavy atom. The molecular weight excluding hydrogens is 386 g/mol. The number of para-hydroxylation sites is 1. The first-order valence-electron chi connectivity index (χ1n) is 11.4. The monoisotopic (exact) mass is 415 g/mol. The number of fused-ring (bicyclic) bond motifs is 1. The van der Waals surface area contributed by atoms with Crippen LogP contribution in [-0.2, 0) is 11.3 Å². The minimum absolute atomic E-state index is 0.308. The van der Waals surface area contributed by atoms with Crippen LogP contribution < -0.4 is 4.74 Å². The highest BCUT2D eigenvalue weighted by Gasteiger charge is 2.65. The van der Waals surface area contributed by atoms with Gasteiger partial charge in [0.2, 0.25) is 5.91 Å². The number of hydrogen-bond acceptors (Lipinski definition) is 3. The molecular formula is C26H29N3O2. The Hall–Kier alpha value is -2.79. The number of benzene rings is 2. The summed E-state index contributed by atoms with van der Waals surface area (Å²) >= 11 is 0. The molecule has 1 aromatic heterocycles. The molecule has 0 bridgehead atoms. The van der Waals surface area contributed by atoms with Crippen molar-refractivity contribution >= 4 is 16.8 Å². The summed E-state index contributed by atoms with van der Waals surface area (Å²) in [7, 11) is 1.69. The van der Waals surface area contributed by atoms with Crippen LogP contribution >= 0.6 is 0 Å². The fraction of sp³-hybridized carbons (Fsp3) is 0.423. The van der Waals surface area contributed by atoms with Gasteiger partial charge in [-0.25, -0.2) is 0 Å². The zero-order valence-electron chi connectivity index (χ0n) is 18.2. The molecule has 3 saturated heterocycles. The van der Waals surface area contributed by atoms with E-state index in [2.05, 4.69) is 52.0 Å². The molecule has 0 saturated carbocycles. The second kappa shape index (κ2) is 6.86. The molecule has 1 N–H and O–H groups in total. The highest BCUT2D eigenvalue weighted by molar-refractivity contribution is 5.90. The van der Waals surface area contributed by atoms with Gasteiger partial charge >= 0.3 is 0 Å². The van der Waals surface area contributed by atoms with Crippen molar-refractivity contribution in [3.63, 3.8) is 0 Å². The minimum atomic E-state index is -0.312. The third-order valence-electron chi connectivity index (χ3n) is 7.97. The second-order valence-electron chi connectivity index (χ2n) is 9.42. The van der Waals surface area contributed by atoms with Gasteiger partial charge in [-0.05, 0) is 62.1 Å². The molecule has 0 unspecified atom stereocenters. The first kappa shape index (κ1) is 18.9. The number of nitrogens with zero attached hydrogens (tertiary/aromatic N) is 2. The lowest BCUT2D eigenvalue weighted by atomic mass is 9.85. The van der Waals surface area contributed by atoms with E-state index in [1.54, 1.807) is 7.11 Å². The molecule has 3 atom stereocenters. The molecule has 6 rings (SSSR count). The van der Waals surface area contributed by atoms with Gasteiger partial charge in [0.05, 0.1) is 13.2 Å². The largest absolute Gasteiger partial charge is 0.497 e. The fourth-order valence-electron chi connectivity index (χ4n) is 6.62. The van der Waals surface area contributed by atoms with Crippen molar-refractivity contribution in [2.45, 2.75) is 44.3 Å². The van der Waals surface area contributed by atoms with E-state index < -0.39 is 0 Å². The highest BCUT2D eigenvalue weighted by Crippen LogP contribution is 2.56. The predicted molar refractivity (Wildman–Crippen MR) is 121 cm³/mol. The topological polar surface area (TPSA) is 48.6 Å². The highest BCUT2D eigenvalue weighted by atomic mass is 16.5. The number of aryl methyl sites for hydroxylation is 1. The molecule has 3 aliphatic rings. The van der Waals surface area contributed by atoms with Gasteiger partial charge in [0, 0.05) is 35.6 Å². The molecule has 0 aliphatic carbocycles. The Kier molecular flexibility index (Phi) is 4.19. The molecule has 3 aromatic rings. The van der Waals surface area contributed by atoms with Gasteiger partial charge in [0.25, 0.3) is 0 Å². The molecule has 4 heterocycles. The van der Waals surface area contributed by atoms with Gasteiger partial charge < -0.3 is 14.6 Å². The molecule has 3 aliphatic heterocycles. The summed E-state index contributed by atoms with van der Waals surface area (Å²) in [5.41, 5.74) is 4.67. The second-order valence-corrected chi connectivity index (χ2v) is 9.42. The summed E-state index contributed by atoms with van der Waals surface area (Å²) in [6.45, 7) is 4.75. The molecule has 2 aromatic carbocycles. The lowest BCUT2D eigenvalue weighted by Crippen LogP contribution is -2.49. The molecule has 5 heteroatoms. The van der Waals surface area contributed by atoms with Gasteiger partial charge in [-0.1, -0.05) is 30.3 Å². The van der Waals surface area contributed by atoms with Crippen LogP contribution in [0, 0.1) is 12.8 Å². The molecule has 0 radical (unpaired) electrons. The Labute approximate surface area is 183 Å². The standard InChI is InChI=1S/C26H29N3O2/c1-17-21-9-3-4-10-22(21)27-24(17)23-14-19-16-28(15-18-7-5-8-20(13-18)31-2)25(30)26(19)11-6-12-29(23)26/h3-5,7-10,13,19,23,27H,6,11-12,14-16H2,1-2H3/t19-,23-,26-/m0/s1. The number of methoxy groups -OCH3 is 1. The maximum atomic E-state index is 13.8. The summed E-state index contributed by atoms with van der Waals surface area (Å²) in [4.78, 5) is 22.2. The van der Waals surface area contributed by atoms with Crippen LogP contribution in [0.2, 0.25) is 0 Å². The van der Waals surface area contributed by atoms with Gasteiger partial charge in [-0.15, -0.1) is 0 Å². The quantitative estimate of drug-likeness (QED) is 0.686. The van der Waals surface area contributed by atoms with Crippen molar-refractivity contribution in [2.24, 2.45) is 5.92 Å². The Morgan fingerprint density at radius 3 is 2.90 bits per heavy atom. The Bertz CT molecular complexity index is 1170. The number of carbonyl (C=O) groups is 1. The van der Waals surface area contributed by atoms with Gasteiger partial charge in [0.15, 0.2) is 0 Å². The smallest absolute Gasteiger partial charge is 0.243 e. The van der Waals surface area contributed by atoms with Crippen LogP contribution in [0.4, 0.5) is 0 Å². The number of amides is 1. The molecule has 1 amide bonds. The molecule has 3 fully saturated rings. The van der Waals surface area contributed by atoms with E-state index in [4.69, 9.17) is 4.74 Å². The van der Waals surface area contributed by atoms with E-state index in [-0.39, 0.29) is 5.54 Å². The number of likely N-dealkylation sites (tertiary alicyclic amines) is 1. The van der Waals surface area contributed by atoms with Gasteiger partial charge in [0.1, 0.15) is 11.3 Å². The van der Waals surface area contributed by atoms with Crippen LogP contribution in [0.1, 0.15) is 42.1 Å². The van der Waals surface area contributed by atoms with Gasteiger partial charge in [-0.3, -0.25) is 9.69 Å². The average Bonchev–Trinajstić information content (AvgIpc) is 3.50. The van der Waals surface area contributed by atoms with Crippen molar-refractivity contribution in [1.82, 2.24) is 14.8 Å². The number of carbonyl (C=O) groups excluding carboxylic acids is 1. The number of ether oxygens (including phenoxy) is 1. The number of hydrogen-bond donors (Lipinski definition) is 1. The third-order valence-corrected chi connectivity index (χ3v) is 7.97. The van der Waals surface area contributed by atoms with Crippen LogP contribution in [0.5, 0.6) is 5.75 Å². The number of aromatic nitrogens is 1. The molecule has 160 valence electrons. The van der Waals surface area contributed by atoms with Crippen LogP contribution in [0.25, 0.3) is 10.9 Å². The zero-order chi connectivity index (χ0) is 21.2. The van der Waals surface area contributed by atoms with Crippen LogP contribution in [0.15, 0.2) is 48.5 Å². The first-order chi connectivity index (χ1) is 15.1. The minimum Gasteiger partial charge on any atom is -0.497 e. The summed E-state index contributed by atoms with van der Waals surface area (Å²) in [6.07, 6.45) is 3.14. The Morgan fingerprint density at radius 1 is 1.19 bits per heavy atom. The molecule has 5 nitrogen and oxygen atoms in total. The van der Waals surface area contributed by atoms with Crippen molar-refractivity contribution in [2.75, 3.05) is 20.2 Å². The third kappa shape index (κ3) is 2.62. The molecule has 31 heavy (non-hydrogen) atoms. The SMILES string of the molecule is COc1cccc(CN2C[C@@H]3C[C@@H](c4[nH]c5ccccc5c4C)N4CCC[C@@]34C2=O)c1. The van der Waals surface area contributed by atoms with E-state index in [9.17, 15) is 4.79 Å². The maximum Gasteiger partial charge on any atom is 0.243 e. The fourth-order valence-corrected chi connectivity index (χ4v) is 6.62. The van der Waals surface area contributed by atoms with Crippen molar-refractivity contribution in [3.05, 3.63) is 65.4 Å². The van der Waals surface area contributed by atoms with Crippen LogP contribution in [-0.4, -0.2) is 46.4 Å². The van der Waals surface area contributed by atoms with E-state index in [0.29, 0.717) is 24.4 Å². The summed E-state index contributed by atoms with van der Waals surface area (Å²) in [5.74, 6) is 1.57. The number of H-pyrrole nitrogens is 1. The average molecular weight is 416 g/mol. The molecule has 1 spiro atoms. The number of nitrogens with one attached hydrogen (secondary N) is 1. The zero-order valence-corrected chi connectivity index (χ0v) is 18.2. The van der Waals surface area contributed by atoms with Crippen molar-refractivity contribution in [1.29, 1.82) is 0 Å². The number of aromatic amines is 1. The first-order valence-corrected chi connectivity index (χ1v) is 11.4. The predicted octanol–water partition coefficient (Wildman–Crippen LogP) is 4.42. The van der Waals surface area contributed by atoms with E-state index >= 15 is 0 Å². The van der Waals surface area contributed by atoms with Crippen LogP contribution in [0.3, 0.4) is 0 Å². The number of rotatable bonds is 4. The summed E-state index contributed by atoms with van der Waals surface area (Å²) < 4.78 is 5.37. The van der Waals surface area contributed by atoms with E-state index in [1.807, 2.05) is 18.2 Å². The van der Waals surface area contributed by atoms with Crippen molar-refractivity contribution < 1.29 is 9.53 Å².